The number of nitrogens with zero attached hydrogens (tertiary/aromatic N) is 3. The van der Waals surface area contributed by atoms with Gasteiger partial charge in [0.15, 0.2) is 0 Å². The topological polar surface area (TPSA) is 59.8 Å². The molecule has 0 aliphatic heterocycles. The van der Waals surface area contributed by atoms with Crippen LogP contribution < -0.4 is 4.74 Å². The summed E-state index contributed by atoms with van der Waals surface area (Å²) in [5.41, 5.74) is 2.86. The van der Waals surface area contributed by atoms with Gasteiger partial charge in [-0.2, -0.15) is 5.10 Å². The Morgan fingerprint density at radius 2 is 1.88 bits per heavy atom. The maximum absolute atomic E-state index is 10.6. The first kappa shape index (κ1) is 24.7. The van der Waals surface area contributed by atoms with Crippen LogP contribution in [0.3, 0.4) is 0 Å². The molecule has 0 amide bonds. The Kier molecular flexibility index (Phi) is 8.62. The minimum atomic E-state index is -0.525. The van der Waals surface area contributed by atoms with Gasteiger partial charge in [0, 0.05) is 30.8 Å². The van der Waals surface area contributed by atoms with Crippen molar-refractivity contribution >= 4 is 11.6 Å². The van der Waals surface area contributed by atoms with Crippen molar-refractivity contribution in [3.63, 3.8) is 0 Å². The molecule has 1 saturated carbocycles. The first-order valence-corrected chi connectivity index (χ1v) is 12.5. The number of benzene rings is 2. The third kappa shape index (κ3) is 6.60. The standard InChI is InChI=1S/C27H34ClN3O3/c1-3-4-16-33-19-24(32)17-30(22-12-13-22)18-26-20(2)29-31(23-8-6-5-7-9-23)27(26)34-25-14-10-21(28)11-15-25/h5-11,14-15,22,24,32H,3-4,12-13,16-19H2,1-2H3. The van der Waals surface area contributed by atoms with Crippen LogP contribution in [0.2, 0.25) is 5.02 Å². The van der Waals surface area contributed by atoms with Gasteiger partial charge in [-0.1, -0.05) is 43.1 Å². The highest BCUT2D eigenvalue weighted by atomic mass is 35.5. The van der Waals surface area contributed by atoms with E-state index in [0.29, 0.717) is 49.0 Å². The van der Waals surface area contributed by atoms with Crippen molar-refractivity contribution in [3.8, 4) is 17.3 Å². The maximum atomic E-state index is 10.6. The third-order valence-electron chi connectivity index (χ3n) is 5.99. The van der Waals surface area contributed by atoms with E-state index in [1.807, 2.05) is 66.2 Å². The summed E-state index contributed by atoms with van der Waals surface area (Å²) in [6.45, 7) is 6.42. The molecule has 1 aromatic heterocycles. The molecule has 34 heavy (non-hydrogen) atoms. The van der Waals surface area contributed by atoms with Crippen LogP contribution >= 0.6 is 11.6 Å². The van der Waals surface area contributed by atoms with E-state index in [1.165, 1.54) is 0 Å². The number of aliphatic hydroxyl groups is 1. The Hall–Kier alpha value is -2.38. The minimum Gasteiger partial charge on any atom is -0.439 e. The Labute approximate surface area is 207 Å². The predicted octanol–water partition coefficient (Wildman–Crippen LogP) is 5.77. The second-order valence-electron chi connectivity index (χ2n) is 8.92. The Morgan fingerprint density at radius 1 is 1.15 bits per heavy atom. The number of aryl methyl sites for hydroxylation is 1. The highest BCUT2D eigenvalue weighted by Gasteiger charge is 2.32. The molecule has 1 unspecified atom stereocenters. The van der Waals surface area contributed by atoms with Gasteiger partial charge in [0.1, 0.15) is 5.75 Å². The maximum Gasteiger partial charge on any atom is 0.227 e. The summed E-state index contributed by atoms with van der Waals surface area (Å²) in [5, 5.41) is 16.1. The SMILES string of the molecule is CCCCOCC(O)CN(Cc1c(C)nn(-c2ccccc2)c1Oc1ccc(Cl)cc1)C1CC1. The molecule has 4 rings (SSSR count). The molecule has 0 bridgehead atoms. The van der Waals surface area contributed by atoms with Crippen molar-refractivity contribution < 1.29 is 14.6 Å². The number of hydrogen-bond acceptors (Lipinski definition) is 5. The minimum absolute atomic E-state index is 0.361. The van der Waals surface area contributed by atoms with Crippen LogP contribution in [0.15, 0.2) is 54.6 Å². The number of halogens is 1. The van der Waals surface area contributed by atoms with Crippen LogP contribution in [0, 0.1) is 6.92 Å². The van der Waals surface area contributed by atoms with Crippen molar-refractivity contribution in [1.29, 1.82) is 0 Å². The molecule has 1 N–H and O–H groups in total. The molecule has 1 fully saturated rings. The molecular formula is C27H34ClN3O3. The molecular weight excluding hydrogens is 450 g/mol. The molecule has 7 heteroatoms. The average molecular weight is 484 g/mol. The monoisotopic (exact) mass is 483 g/mol. The van der Waals surface area contributed by atoms with Crippen molar-refractivity contribution in [2.24, 2.45) is 0 Å². The van der Waals surface area contributed by atoms with Gasteiger partial charge in [0.05, 0.1) is 29.7 Å². The lowest BCUT2D eigenvalue weighted by Crippen LogP contribution is -2.36. The molecule has 1 aliphatic carbocycles. The molecule has 3 aromatic rings. The molecule has 1 atom stereocenters. The second-order valence-corrected chi connectivity index (χ2v) is 9.35. The summed E-state index contributed by atoms with van der Waals surface area (Å²) in [7, 11) is 0. The van der Waals surface area contributed by atoms with Gasteiger partial charge < -0.3 is 14.6 Å². The summed E-state index contributed by atoms with van der Waals surface area (Å²) in [4.78, 5) is 2.34. The normalized spacial score (nSPS) is 14.5. The number of aliphatic hydroxyl groups excluding tert-OH is 1. The first-order chi connectivity index (χ1) is 16.5. The zero-order chi connectivity index (χ0) is 23.9. The van der Waals surface area contributed by atoms with Crippen LogP contribution in [0.1, 0.15) is 43.9 Å². The lowest BCUT2D eigenvalue weighted by atomic mass is 10.2. The van der Waals surface area contributed by atoms with Crippen molar-refractivity contribution in [2.75, 3.05) is 19.8 Å². The van der Waals surface area contributed by atoms with Crippen LogP contribution in [0.4, 0.5) is 0 Å². The van der Waals surface area contributed by atoms with E-state index in [9.17, 15) is 5.11 Å². The van der Waals surface area contributed by atoms with E-state index in [-0.39, 0.29) is 0 Å². The third-order valence-corrected chi connectivity index (χ3v) is 6.24. The first-order valence-electron chi connectivity index (χ1n) is 12.1. The number of unbranched alkanes of at least 4 members (excludes halogenated alkanes) is 1. The van der Waals surface area contributed by atoms with E-state index in [1.54, 1.807) is 0 Å². The summed E-state index contributed by atoms with van der Waals surface area (Å²) in [5.74, 6) is 1.38. The molecule has 1 aliphatic rings. The van der Waals surface area contributed by atoms with E-state index in [2.05, 4.69) is 11.8 Å². The summed E-state index contributed by atoms with van der Waals surface area (Å²) in [6.07, 6.45) is 3.86. The van der Waals surface area contributed by atoms with Gasteiger partial charge in [0.2, 0.25) is 5.88 Å². The lowest BCUT2D eigenvalue weighted by Gasteiger charge is -2.25. The van der Waals surface area contributed by atoms with Crippen molar-refractivity contribution in [2.45, 2.75) is 58.2 Å². The van der Waals surface area contributed by atoms with Gasteiger partial charge in [-0.05, 0) is 62.6 Å². The summed E-state index contributed by atoms with van der Waals surface area (Å²) in [6, 6.07) is 17.8. The van der Waals surface area contributed by atoms with E-state index < -0.39 is 6.10 Å². The fraction of sp³-hybridized carbons (Fsp3) is 0.444. The fourth-order valence-corrected chi connectivity index (χ4v) is 4.08. The number of rotatable bonds is 13. The smallest absolute Gasteiger partial charge is 0.227 e. The van der Waals surface area contributed by atoms with Gasteiger partial charge in [-0.15, -0.1) is 0 Å². The molecule has 2 aromatic carbocycles. The van der Waals surface area contributed by atoms with E-state index in [4.69, 9.17) is 26.2 Å². The number of ether oxygens (including phenoxy) is 2. The Morgan fingerprint density at radius 3 is 2.56 bits per heavy atom. The largest absolute Gasteiger partial charge is 0.439 e. The lowest BCUT2D eigenvalue weighted by molar-refractivity contribution is 0.0127. The molecule has 0 saturated heterocycles. The molecule has 1 heterocycles. The predicted molar refractivity (Wildman–Crippen MR) is 135 cm³/mol. The van der Waals surface area contributed by atoms with Gasteiger partial charge in [0.25, 0.3) is 0 Å². The quantitative estimate of drug-likeness (QED) is 0.313. The highest BCUT2D eigenvalue weighted by Crippen LogP contribution is 2.35. The zero-order valence-corrected chi connectivity index (χ0v) is 20.7. The van der Waals surface area contributed by atoms with Crippen molar-refractivity contribution in [1.82, 2.24) is 14.7 Å². The number of hydrogen-bond donors (Lipinski definition) is 1. The Bertz CT molecular complexity index is 1040. The van der Waals surface area contributed by atoms with Gasteiger partial charge in [-0.25, -0.2) is 4.68 Å². The molecule has 0 radical (unpaired) electrons. The fourth-order valence-electron chi connectivity index (χ4n) is 3.96. The number of aromatic nitrogens is 2. The van der Waals surface area contributed by atoms with Gasteiger partial charge >= 0.3 is 0 Å². The van der Waals surface area contributed by atoms with E-state index in [0.717, 1.165) is 42.6 Å². The van der Waals surface area contributed by atoms with Crippen LogP contribution in [-0.4, -0.2) is 51.7 Å². The molecule has 0 spiro atoms. The summed E-state index contributed by atoms with van der Waals surface area (Å²) >= 11 is 6.08. The van der Waals surface area contributed by atoms with Crippen LogP contribution in [-0.2, 0) is 11.3 Å². The Balaban J connectivity index is 1.58. The molecule has 182 valence electrons. The highest BCUT2D eigenvalue weighted by molar-refractivity contribution is 6.30. The van der Waals surface area contributed by atoms with Gasteiger partial charge in [-0.3, -0.25) is 4.90 Å². The summed E-state index contributed by atoms with van der Waals surface area (Å²) < 4.78 is 13.9. The average Bonchev–Trinajstić information content (AvgIpc) is 3.65. The van der Waals surface area contributed by atoms with Crippen molar-refractivity contribution in [3.05, 3.63) is 70.9 Å². The molecule has 6 nitrogen and oxygen atoms in total. The van der Waals surface area contributed by atoms with Crippen LogP contribution in [0.25, 0.3) is 5.69 Å². The van der Waals surface area contributed by atoms with E-state index >= 15 is 0 Å². The zero-order valence-electron chi connectivity index (χ0n) is 20.0. The van der Waals surface area contributed by atoms with Crippen LogP contribution in [0.5, 0.6) is 11.6 Å². The number of para-hydroxylation sites is 1. The second kappa shape index (κ2) is 11.8.